The molecule has 25 heavy (non-hydrogen) atoms. The van der Waals surface area contributed by atoms with Crippen molar-refractivity contribution in [1.29, 1.82) is 0 Å². The summed E-state index contributed by atoms with van der Waals surface area (Å²) in [7, 11) is 1.29. The molecule has 0 spiro atoms. The number of methoxy groups -OCH3 is 1. The number of nitrogens with zero attached hydrogens (tertiary/aromatic N) is 1. The fourth-order valence-corrected chi connectivity index (χ4v) is 2.82. The molecule has 0 bridgehead atoms. The molecular formula is C18H14F3NO3. The lowest BCUT2D eigenvalue weighted by molar-refractivity contribution is -0.137. The number of benzene rings is 2. The van der Waals surface area contributed by atoms with Crippen LogP contribution in [0.4, 0.5) is 18.9 Å². The van der Waals surface area contributed by atoms with Gasteiger partial charge in [-0.1, -0.05) is 0 Å². The number of fused-ring (bicyclic) bond motifs is 1. The molecule has 2 aromatic rings. The van der Waals surface area contributed by atoms with Crippen LogP contribution in [0.25, 0.3) is 0 Å². The first kappa shape index (κ1) is 17.0. The first-order valence-electron chi connectivity index (χ1n) is 7.51. The van der Waals surface area contributed by atoms with E-state index in [0.29, 0.717) is 24.2 Å². The molecule has 0 atom stereocenters. The van der Waals surface area contributed by atoms with Crippen molar-refractivity contribution in [2.24, 2.45) is 0 Å². The summed E-state index contributed by atoms with van der Waals surface area (Å²) in [6, 6.07) is 9.01. The van der Waals surface area contributed by atoms with Crippen molar-refractivity contribution >= 4 is 17.6 Å². The molecule has 7 heteroatoms. The predicted octanol–water partition coefficient (Wildman–Crippen LogP) is 3.69. The molecule has 0 saturated heterocycles. The monoisotopic (exact) mass is 349 g/mol. The van der Waals surface area contributed by atoms with Crippen LogP contribution in [0, 0.1) is 0 Å². The maximum absolute atomic E-state index is 12.6. The Hall–Kier alpha value is -2.83. The third-order valence-electron chi connectivity index (χ3n) is 4.10. The molecule has 1 amide bonds. The number of halogens is 3. The van der Waals surface area contributed by atoms with Crippen LogP contribution < -0.4 is 4.90 Å². The third-order valence-corrected chi connectivity index (χ3v) is 4.10. The average molecular weight is 349 g/mol. The molecule has 0 radical (unpaired) electrons. The largest absolute Gasteiger partial charge is 0.465 e. The predicted molar refractivity (Wildman–Crippen MR) is 84.6 cm³/mol. The number of amides is 1. The zero-order chi connectivity index (χ0) is 18.2. The molecule has 0 aromatic heterocycles. The topological polar surface area (TPSA) is 46.6 Å². The van der Waals surface area contributed by atoms with E-state index >= 15 is 0 Å². The number of esters is 1. The van der Waals surface area contributed by atoms with Crippen molar-refractivity contribution < 1.29 is 27.5 Å². The van der Waals surface area contributed by atoms with Crippen molar-refractivity contribution in [2.45, 2.75) is 12.6 Å². The van der Waals surface area contributed by atoms with E-state index in [1.807, 2.05) is 0 Å². The van der Waals surface area contributed by atoms with Gasteiger partial charge in [0.15, 0.2) is 0 Å². The van der Waals surface area contributed by atoms with Gasteiger partial charge in [-0.25, -0.2) is 4.79 Å². The number of rotatable bonds is 2. The molecule has 2 aromatic carbocycles. The van der Waals surface area contributed by atoms with Crippen LogP contribution in [0.5, 0.6) is 0 Å². The maximum Gasteiger partial charge on any atom is 0.416 e. The van der Waals surface area contributed by atoms with E-state index in [9.17, 15) is 22.8 Å². The Balaban J connectivity index is 1.85. The smallest absolute Gasteiger partial charge is 0.416 e. The highest BCUT2D eigenvalue weighted by molar-refractivity contribution is 6.07. The Morgan fingerprint density at radius 3 is 2.28 bits per heavy atom. The number of carbonyl (C=O) groups is 2. The highest BCUT2D eigenvalue weighted by atomic mass is 19.4. The second-order valence-electron chi connectivity index (χ2n) is 5.62. The molecule has 1 aliphatic heterocycles. The van der Waals surface area contributed by atoms with Gasteiger partial charge in [0.1, 0.15) is 0 Å². The fraction of sp³-hybridized carbons (Fsp3) is 0.222. The van der Waals surface area contributed by atoms with Crippen LogP contribution >= 0.6 is 0 Å². The summed E-state index contributed by atoms with van der Waals surface area (Å²) in [6.45, 7) is 0.403. The summed E-state index contributed by atoms with van der Waals surface area (Å²) < 4.78 is 42.5. The van der Waals surface area contributed by atoms with E-state index in [2.05, 4.69) is 4.74 Å². The normalized spacial score (nSPS) is 13.5. The van der Waals surface area contributed by atoms with Gasteiger partial charge in [0.05, 0.1) is 18.2 Å². The first-order valence-corrected chi connectivity index (χ1v) is 7.51. The van der Waals surface area contributed by atoms with Gasteiger partial charge in [0.25, 0.3) is 5.91 Å². The quantitative estimate of drug-likeness (QED) is 0.777. The minimum Gasteiger partial charge on any atom is -0.465 e. The molecule has 3 rings (SSSR count). The maximum atomic E-state index is 12.6. The Labute approximate surface area is 141 Å². The van der Waals surface area contributed by atoms with Gasteiger partial charge in [0.2, 0.25) is 0 Å². The molecule has 4 nitrogen and oxygen atoms in total. The van der Waals surface area contributed by atoms with Crippen molar-refractivity contribution in [1.82, 2.24) is 0 Å². The SMILES string of the molecule is COC(=O)c1ccc2c(c1)CCN2C(=O)c1ccc(C(F)(F)F)cc1. The summed E-state index contributed by atoms with van der Waals surface area (Å²) in [5.74, 6) is -0.839. The number of carbonyl (C=O) groups excluding carboxylic acids is 2. The van der Waals surface area contributed by atoms with Crippen LogP contribution in [0.1, 0.15) is 31.8 Å². The summed E-state index contributed by atoms with van der Waals surface area (Å²) >= 11 is 0. The van der Waals surface area contributed by atoms with Crippen LogP contribution in [0.3, 0.4) is 0 Å². The zero-order valence-corrected chi connectivity index (χ0v) is 13.3. The molecule has 0 fully saturated rings. The molecule has 0 saturated carbocycles. The van der Waals surface area contributed by atoms with E-state index in [1.165, 1.54) is 24.1 Å². The Morgan fingerprint density at radius 2 is 1.68 bits per heavy atom. The van der Waals surface area contributed by atoms with Gasteiger partial charge < -0.3 is 9.64 Å². The van der Waals surface area contributed by atoms with E-state index in [1.54, 1.807) is 18.2 Å². The Kier molecular flexibility index (Phi) is 4.24. The summed E-state index contributed by atoms with van der Waals surface area (Å²) in [4.78, 5) is 25.7. The van der Waals surface area contributed by atoms with Crippen molar-refractivity contribution in [3.63, 3.8) is 0 Å². The highest BCUT2D eigenvalue weighted by Gasteiger charge is 2.31. The van der Waals surface area contributed by atoms with E-state index in [4.69, 9.17) is 0 Å². The third kappa shape index (κ3) is 3.22. The number of anilines is 1. The fourth-order valence-electron chi connectivity index (χ4n) is 2.82. The summed E-state index contributed by atoms with van der Waals surface area (Å²) in [5.41, 5.74) is 1.25. The van der Waals surface area contributed by atoms with Gasteiger partial charge in [-0.2, -0.15) is 13.2 Å². The first-order chi connectivity index (χ1) is 11.8. The average Bonchev–Trinajstić information content (AvgIpc) is 3.02. The van der Waals surface area contributed by atoms with Crippen LogP contribution in [0.2, 0.25) is 0 Å². The standard InChI is InChI=1S/C18H14F3NO3/c1-25-17(24)13-4-7-15-12(10-13)8-9-22(15)16(23)11-2-5-14(6-3-11)18(19,20)21/h2-7,10H,8-9H2,1H3. The number of hydrogen-bond acceptors (Lipinski definition) is 3. The van der Waals surface area contributed by atoms with Crippen LogP contribution in [-0.4, -0.2) is 25.5 Å². The lowest BCUT2D eigenvalue weighted by Crippen LogP contribution is -2.28. The number of alkyl halides is 3. The van der Waals surface area contributed by atoms with Crippen LogP contribution in [-0.2, 0) is 17.3 Å². The van der Waals surface area contributed by atoms with Crippen molar-refractivity contribution in [2.75, 3.05) is 18.6 Å². The van der Waals surface area contributed by atoms with Crippen molar-refractivity contribution in [3.05, 3.63) is 64.7 Å². The van der Waals surface area contributed by atoms with Gasteiger partial charge in [-0.3, -0.25) is 4.79 Å². The molecule has 1 heterocycles. The Morgan fingerprint density at radius 1 is 1.04 bits per heavy atom. The Bertz CT molecular complexity index is 828. The lowest BCUT2D eigenvalue weighted by atomic mass is 10.1. The molecule has 0 N–H and O–H groups in total. The van der Waals surface area contributed by atoms with Gasteiger partial charge in [0, 0.05) is 17.8 Å². The van der Waals surface area contributed by atoms with E-state index in [-0.39, 0.29) is 11.5 Å². The van der Waals surface area contributed by atoms with Crippen molar-refractivity contribution in [3.8, 4) is 0 Å². The van der Waals surface area contributed by atoms with Gasteiger partial charge in [-0.15, -0.1) is 0 Å². The minimum atomic E-state index is -4.44. The van der Waals surface area contributed by atoms with Gasteiger partial charge >= 0.3 is 12.1 Å². The van der Waals surface area contributed by atoms with Gasteiger partial charge in [-0.05, 0) is 54.4 Å². The van der Waals surface area contributed by atoms with E-state index in [0.717, 1.165) is 17.7 Å². The van der Waals surface area contributed by atoms with E-state index < -0.39 is 17.7 Å². The second-order valence-corrected chi connectivity index (χ2v) is 5.62. The molecular weight excluding hydrogens is 335 g/mol. The highest BCUT2D eigenvalue weighted by Crippen LogP contribution is 2.32. The zero-order valence-electron chi connectivity index (χ0n) is 13.3. The molecule has 130 valence electrons. The number of hydrogen-bond donors (Lipinski definition) is 0. The summed E-state index contributed by atoms with van der Waals surface area (Å²) in [5, 5.41) is 0. The summed E-state index contributed by atoms with van der Waals surface area (Å²) in [6.07, 6.45) is -3.88. The minimum absolute atomic E-state index is 0.179. The molecule has 0 unspecified atom stereocenters. The molecule has 1 aliphatic rings. The van der Waals surface area contributed by atoms with Crippen LogP contribution in [0.15, 0.2) is 42.5 Å². The lowest BCUT2D eigenvalue weighted by Gasteiger charge is -2.18. The second kappa shape index (κ2) is 6.23. The molecule has 0 aliphatic carbocycles. The number of ether oxygens (including phenoxy) is 1.